The van der Waals surface area contributed by atoms with E-state index in [1.54, 1.807) is 0 Å². The molecule has 0 aromatic heterocycles. The monoisotopic (exact) mass is 207 g/mol. The standard InChI is InChI=1S/C13H21NO/c1-3-5-6-7-8-9-12(11-14)10-13(15)4-2/h4,12H,2-3,5-10H2,1H3. The lowest BCUT2D eigenvalue weighted by atomic mass is 9.96. The lowest BCUT2D eigenvalue weighted by Crippen LogP contribution is -2.04. The number of nitriles is 1. The number of carbonyl (C=O) groups excluding carboxylic acids is 1. The van der Waals surface area contributed by atoms with Crippen LogP contribution < -0.4 is 0 Å². The summed E-state index contributed by atoms with van der Waals surface area (Å²) in [5.74, 6) is -0.132. The summed E-state index contributed by atoms with van der Waals surface area (Å²) in [6, 6.07) is 2.19. The van der Waals surface area contributed by atoms with Crippen LogP contribution in [0.5, 0.6) is 0 Å². The number of nitrogens with zero attached hydrogens (tertiary/aromatic N) is 1. The van der Waals surface area contributed by atoms with Crippen molar-refractivity contribution in [1.82, 2.24) is 0 Å². The van der Waals surface area contributed by atoms with Crippen molar-refractivity contribution < 1.29 is 4.79 Å². The number of allylic oxidation sites excluding steroid dienone is 1. The van der Waals surface area contributed by atoms with Crippen LogP contribution in [-0.2, 0) is 4.79 Å². The molecule has 0 saturated carbocycles. The zero-order valence-corrected chi connectivity index (χ0v) is 9.67. The molecule has 0 N–H and O–H groups in total. The highest BCUT2D eigenvalue weighted by atomic mass is 16.1. The lowest BCUT2D eigenvalue weighted by Gasteiger charge is -2.06. The van der Waals surface area contributed by atoms with Gasteiger partial charge in [0, 0.05) is 6.42 Å². The van der Waals surface area contributed by atoms with Crippen molar-refractivity contribution in [2.75, 3.05) is 0 Å². The van der Waals surface area contributed by atoms with Gasteiger partial charge in [-0.3, -0.25) is 4.79 Å². The van der Waals surface area contributed by atoms with Gasteiger partial charge in [0.25, 0.3) is 0 Å². The van der Waals surface area contributed by atoms with Gasteiger partial charge >= 0.3 is 0 Å². The molecule has 0 aromatic carbocycles. The predicted molar refractivity (Wildman–Crippen MR) is 62.3 cm³/mol. The van der Waals surface area contributed by atoms with E-state index in [2.05, 4.69) is 19.6 Å². The van der Waals surface area contributed by atoms with Gasteiger partial charge in [-0.2, -0.15) is 5.26 Å². The van der Waals surface area contributed by atoms with Crippen molar-refractivity contribution >= 4 is 5.78 Å². The van der Waals surface area contributed by atoms with Gasteiger partial charge in [-0.1, -0.05) is 45.6 Å². The fraction of sp³-hybridized carbons (Fsp3) is 0.692. The summed E-state index contributed by atoms with van der Waals surface area (Å²) in [7, 11) is 0. The first-order valence-corrected chi connectivity index (χ1v) is 5.79. The van der Waals surface area contributed by atoms with E-state index in [1.165, 1.54) is 31.8 Å². The van der Waals surface area contributed by atoms with Crippen molar-refractivity contribution in [3.05, 3.63) is 12.7 Å². The van der Waals surface area contributed by atoms with E-state index in [1.807, 2.05) is 0 Å². The highest BCUT2D eigenvalue weighted by Gasteiger charge is 2.10. The molecular formula is C13H21NO. The Labute approximate surface area is 93.0 Å². The van der Waals surface area contributed by atoms with Gasteiger partial charge in [0.05, 0.1) is 12.0 Å². The quantitative estimate of drug-likeness (QED) is 0.428. The normalized spacial score (nSPS) is 11.7. The molecule has 0 heterocycles. The summed E-state index contributed by atoms with van der Waals surface area (Å²) < 4.78 is 0. The third-order valence-electron chi connectivity index (χ3n) is 2.51. The van der Waals surface area contributed by atoms with Crippen LogP contribution in [0, 0.1) is 17.2 Å². The molecule has 0 aliphatic rings. The molecule has 0 aliphatic carbocycles. The Morgan fingerprint density at radius 3 is 2.60 bits per heavy atom. The van der Waals surface area contributed by atoms with E-state index < -0.39 is 0 Å². The fourth-order valence-electron chi connectivity index (χ4n) is 1.53. The minimum atomic E-state index is -0.114. The van der Waals surface area contributed by atoms with Crippen LogP contribution in [-0.4, -0.2) is 5.78 Å². The van der Waals surface area contributed by atoms with Crippen molar-refractivity contribution in [3.8, 4) is 6.07 Å². The molecular weight excluding hydrogens is 186 g/mol. The number of rotatable bonds is 9. The molecule has 0 radical (unpaired) electrons. The number of ketones is 1. The molecule has 0 amide bonds. The van der Waals surface area contributed by atoms with Crippen LogP contribution in [0.1, 0.15) is 51.9 Å². The van der Waals surface area contributed by atoms with Crippen LogP contribution in [0.25, 0.3) is 0 Å². The predicted octanol–water partition coefficient (Wildman–Crippen LogP) is 3.63. The molecule has 0 spiro atoms. The van der Waals surface area contributed by atoms with Crippen molar-refractivity contribution in [2.24, 2.45) is 5.92 Å². The first-order chi connectivity index (χ1) is 7.24. The Hall–Kier alpha value is -1.10. The highest BCUT2D eigenvalue weighted by molar-refractivity contribution is 5.89. The molecule has 2 heteroatoms. The molecule has 0 aliphatic heterocycles. The largest absolute Gasteiger partial charge is 0.295 e. The average molecular weight is 207 g/mol. The van der Waals surface area contributed by atoms with Crippen LogP contribution in [0.15, 0.2) is 12.7 Å². The van der Waals surface area contributed by atoms with E-state index >= 15 is 0 Å². The van der Waals surface area contributed by atoms with Gasteiger partial charge in [0.1, 0.15) is 0 Å². The second kappa shape index (κ2) is 9.45. The van der Waals surface area contributed by atoms with E-state index in [0.717, 1.165) is 12.8 Å². The number of carbonyl (C=O) groups is 1. The molecule has 0 fully saturated rings. The summed E-state index contributed by atoms with van der Waals surface area (Å²) in [5.41, 5.74) is 0. The molecule has 1 atom stereocenters. The molecule has 84 valence electrons. The van der Waals surface area contributed by atoms with Crippen molar-refractivity contribution in [3.63, 3.8) is 0 Å². The van der Waals surface area contributed by atoms with Crippen LogP contribution in [0.4, 0.5) is 0 Å². The van der Waals surface area contributed by atoms with Crippen LogP contribution >= 0.6 is 0 Å². The Morgan fingerprint density at radius 1 is 1.40 bits per heavy atom. The fourth-order valence-corrected chi connectivity index (χ4v) is 1.53. The van der Waals surface area contributed by atoms with Crippen LogP contribution in [0.2, 0.25) is 0 Å². The average Bonchev–Trinajstić information content (AvgIpc) is 2.26. The van der Waals surface area contributed by atoms with Gasteiger partial charge in [-0.15, -0.1) is 0 Å². The second-order valence-corrected chi connectivity index (χ2v) is 3.90. The molecule has 15 heavy (non-hydrogen) atoms. The maximum atomic E-state index is 11.0. The van der Waals surface area contributed by atoms with E-state index in [4.69, 9.17) is 5.26 Å². The van der Waals surface area contributed by atoms with Crippen molar-refractivity contribution in [2.45, 2.75) is 51.9 Å². The highest BCUT2D eigenvalue weighted by Crippen LogP contribution is 2.14. The maximum Gasteiger partial charge on any atom is 0.156 e. The maximum absolute atomic E-state index is 11.0. The lowest BCUT2D eigenvalue weighted by molar-refractivity contribution is -0.115. The first kappa shape index (κ1) is 13.9. The van der Waals surface area contributed by atoms with Gasteiger partial charge in [0.15, 0.2) is 5.78 Å². The van der Waals surface area contributed by atoms with Crippen LogP contribution in [0.3, 0.4) is 0 Å². The summed E-state index contributed by atoms with van der Waals surface area (Å²) in [4.78, 5) is 11.0. The molecule has 0 bridgehead atoms. The minimum absolute atomic E-state index is 0.0184. The third kappa shape index (κ3) is 7.93. The summed E-state index contributed by atoms with van der Waals surface area (Å²) in [6.07, 6.45) is 8.47. The SMILES string of the molecule is C=CC(=O)CC(C#N)CCCCCCC. The number of hydrogen-bond donors (Lipinski definition) is 0. The Bertz CT molecular complexity index is 227. The number of unbranched alkanes of at least 4 members (excludes halogenated alkanes) is 4. The molecule has 0 rings (SSSR count). The van der Waals surface area contributed by atoms with Gasteiger partial charge in [-0.25, -0.2) is 0 Å². The van der Waals surface area contributed by atoms with Gasteiger partial charge in [0.2, 0.25) is 0 Å². The zero-order valence-electron chi connectivity index (χ0n) is 9.67. The Balaban J connectivity index is 3.58. The Kier molecular flexibility index (Phi) is 8.76. The topological polar surface area (TPSA) is 40.9 Å². The van der Waals surface area contributed by atoms with Gasteiger partial charge < -0.3 is 0 Å². The Morgan fingerprint density at radius 2 is 2.07 bits per heavy atom. The molecule has 0 saturated heterocycles. The van der Waals surface area contributed by atoms with Crippen molar-refractivity contribution in [1.29, 1.82) is 5.26 Å². The number of hydrogen-bond acceptors (Lipinski definition) is 2. The van der Waals surface area contributed by atoms with Gasteiger partial charge in [-0.05, 0) is 12.5 Å². The molecule has 0 aromatic rings. The van der Waals surface area contributed by atoms with E-state index in [-0.39, 0.29) is 11.7 Å². The zero-order chi connectivity index (χ0) is 11.5. The molecule has 1 unspecified atom stereocenters. The van der Waals surface area contributed by atoms with E-state index in [0.29, 0.717) is 6.42 Å². The third-order valence-corrected chi connectivity index (χ3v) is 2.51. The second-order valence-electron chi connectivity index (χ2n) is 3.90. The first-order valence-electron chi connectivity index (χ1n) is 5.79. The molecule has 2 nitrogen and oxygen atoms in total. The smallest absolute Gasteiger partial charge is 0.156 e. The summed E-state index contributed by atoms with van der Waals surface area (Å²) >= 11 is 0. The summed E-state index contributed by atoms with van der Waals surface area (Å²) in [6.45, 7) is 5.59. The van der Waals surface area contributed by atoms with E-state index in [9.17, 15) is 4.79 Å². The minimum Gasteiger partial charge on any atom is -0.295 e. The summed E-state index contributed by atoms with van der Waals surface area (Å²) in [5, 5.41) is 8.84.